The standard InChI is InChI=1S/C13H16ClN3OS/c1-13(2,3)19-7-10-16-12(18-17-10)11-8(14)5-4-6-9(11)15/h4-6H,7,15H2,1-3H3. The van der Waals surface area contributed by atoms with Gasteiger partial charge in [-0.3, -0.25) is 0 Å². The largest absolute Gasteiger partial charge is 0.398 e. The SMILES string of the molecule is CC(C)(C)SCc1noc(-c2c(N)cccc2Cl)n1. The summed E-state index contributed by atoms with van der Waals surface area (Å²) in [6.07, 6.45) is 0. The van der Waals surface area contributed by atoms with Crippen molar-refractivity contribution in [2.45, 2.75) is 31.3 Å². The number of nitrogens with two attached hydrogens (primary N) is 1. The number of aromatic nitrogens is 2. The summed E-state index contributed by atoms with van der Waals surface area (Å²) in [6.45, 7) is 6.43. The number of rotatable bonds is 3. The van der Waals surface area contributed by atoms with Crippen molar-refractivity contribution >= 4 is 29.1 Å². The molecule has 0 saturated heterocycles. The molecule has 2 aromatic rings. The summed E-state index contributed by atoms with van der Waals surface area (Å²) in [6, 6.07) is 5.30. The molecule has 0 radical (unpaired) electrons. The number of thioether (sulfide) groups is 1. The van der Waals surface area contributed by atoms with Crippen LogP contribution in [0.3, 0.4) is 0 Å². The smallest absolute Gasteiger partial charge is 0.261 e. The van der Waals surface area contributed by atoms with Gasteiger partial charge in [0.1, 0.15) is 0 Å². The van der Waals surface area contributed by atoms with Gasteiger partial charge in [0.25, 0.3) is 5.89 Å². The Morgan fingerprint density at radius 2 is 2.11 bits per heavy atom. The van der Waals surface area contributed by atoms with Crippen LogP contribution < -0.4 is 5.73 Å². The molecule has 1 aromatic heterocycles. The van der Waals surface area contributed by atoms with Gasteiger partial charge in [0.15, 0.2) is 5.82 Å². The predicted molar refractivity (Wildman–Crippen MR) is 80.2 cm³/mol. The summed E-state index contributed by atoms with van der Waals surface area (Å²) in [4.78, 5) is 4.34. The monoisotopic (exact) mass is 297 g/mol. The third kappa shape index (κ3) is 3.64. The van der Waals surface area contributed by atoms with E-state index in [1.54, 1.807) is 30.0 Å². The van der Waals surface area contributed by atoms with Gasteiger partial charge in [-0.2, -0.15) is 4.98 Å². The van der Waals surface area contributed by atoms with Crippen molar-refractivity contribution in [3.8, 4) is 11.5 Å². The van der Waals surface area contributed by atoms with Gasteiger partial charge in [0.2, 0.25) is 0 Å². The summed E-state index contributed by atoms with van der Waals surface area (Å²) in [5, 5.41) is 4.47. The number of nitrogens with zero attached hydrogens (tertiary/aromatic N) is 2. The molecule has 2 rings (SSSR count). The normalized spacial score (nSPS) is 11.8. The van der Waals surface area contributed by atoms with E-state index in [4.69, 9.17) is 21.9 Å². The minimum Gasteiger partial charge on any atom is -0.398 e. The Morgan fingerprint density at radius 3 is 2.74 bits per heavy atom. The lowest BCUT2D eigenvalue weighted by Crippen LogP contribution is -2.07. The van der Waals surface area contributed by atoms with Crippen LogP contribution in [-0.2, 0) is 5.75 Å². The van der Waals surface area contributed by atoms with Crippen molar-refractivity contribution in [2.75, 3.05) is 5.73 Å². The number of hydrogen-bond donors (Lipinski definition) is 1. The van der Waals surface area contributed by atoms with Crippen LogP contribution in [0.5, 0.6) is 0 Å². The van der Waals surface area contributed by atoms with Crippen LogP contribution in [0.25, 0.3) is 11.5 Å². The second-order valence-corrected chi connectivity index (χ2v) is 7.33. The molecule has 19 heavy (non-hydrogen) atoms. The first kappa shape index (κ1) is 14.2. The van der Waals surface area contributed by atoms with Crippen LogP contribution in [0.2, 0.25) is 5.02 Å². The number of hydrogen-bond acceptors (Lipinski definition) is 5. The first-order valence-corrected chi connectivity index (χ1v) is 7.24. The number of halogens is 1. The van der Waals surface area contributed by atoms with E-state index in [-0.39, 0.29) is 4.75 Å². The third-order valence-electron chi connectivity index (χ3n) is 2.36. The van der Waals surface area contributed by atoms with Crippen molar-refractivity contribution in [3.63, 3.8) is 0 Å². The van der Waals surface area contributed by atoms with Gasteiger partial charge < -0.3 is 10.3 Å². The lowest BCUT2D eigenvalue weighted by molar-refractivity contribution is 0.425. The molecule has 0 unspecified atom stereocenters. The summed E-state index contributed by atoms with van der Waals surface area (Å²) >= 11 is 7.86. The van der Waals surface area contributed by atoms with Crippen LogP contribution in [-0.4, -0.2) is 14.9 Å². The molecule has 0 fully saturated rings. The van der Waals surface area contributed by atoms with E-state index in [2.05, 4.69) is 30.9 Å². The minimum absolute atomic E-state index is 0.157. The van der Waals surface area contributed by atoms with E-state index >= 15 is 0 Å². The second kappa shape index (κ2) is 5.43. The molecule has 6 heteroatoms. The highest BCUT2D eigenvalue weighted by Gasteiger charge is 2.17. The number of nitrogen functional groups attached to an aromatic ring is 1. The maximum absolute atomic E-state index is 6.11. The molecule has 0 saturated carbocycles. The molecule has 2 N–H and O–H groups in total. The van der Waals surface area contributed by atoms with Gasteiger partial charge in [-0.25, -0.2) is 0 Å². The molecule has 0 amide bonds. The van der Waals surface area contributed by atoms with Gasteiger partial charge >= 0.3 is 0 Å². The third-order valence-corrected chi connectivity index (χ3v) is 3.95. The fraction of sp³-hybridized carbons (Fsp3) is 0.385. The molecular weight excluding hydrogens is 282 g/mol. The maximum atomic E-state index is 6.11. The zero-order chi connectivity index (χ0) is 14.0. The molecule has 0 spiro atoms. The van der Waals surface area contributed by atoms with Crippen molar-refractivity contribution in [3.05, 3.63) is 29.0 Å². The maximum Gasteiger partial charge on any atom is 0.261 e. The van der Waals surface area contributed by atoms with E-state index < -0.39 is 0 Å². The first-order valence-electron chi connectivity index (χ1n) is 5.88. The molecule has 1 aromatic carbocycles. The summed E-state index contributed by atoms with van der Waals surface area (Å²) in [5.74, 6) is 1.71. The van der Waals surface area contributed by atoms with Gasteiger partial charge in [0.05, 0.1) is 16.3 Å². The van der Waals surface area contributed by atoms with E-state index in [0.29, 0.717) is 33.7 Å². The summed E-state index contributed by atoms with van der Waals surface area (Å²) < 4.78 is 5.40. The summed E-state index contributed by atoms with van der Waals surface area (Å²) in [7, 11) is 0. The highest BCUT2D eigenvalue weighted by atomic mass is 35.5. The van der Waals surface area contributed by atoms with Crippen LogP contribution in [0, 0.1) is 0 Å². The zero-order valence-corrected chi connectivity index (χ0v) is 12.7. The number of anilines is 1. The Balaban J connectivity index is 2.22. The van der Waals surface area contributed by atoms with Crippen molar-refractivity contribution in [1.29, 1.82) is 0 Å². The molecular formula is C13H16ClN3OS. The quantitative estimate of drug-likeness (QED) is 0.867. The predicted octanol–water partition coefficient (Wildman–Crippen LogP) is 4.00. The number of benzene rings is 1. The fourth-order valence-electron chi connectivity index (χ4n) is 1.46. The highest BCUT2D eigenvalue weighted by molar-refractivity contribution is 7.99. The van der Waals surface area contributed by atoms with Crippen molar-refractivity contribution < 1.29 is 4.52 Å². The zero-order valence-electron chi connectivity index (χ0n) is 11.1. The molecule has 0 atom stereocenters. The average molecular weight is 298 g/mol. The van der Waals surface area contributed by atoms with Gasteiger partial charge in [0, 0.05) is 10.4 Å². The average Bonchev–Trinajstić information content (AvgIpc) is 2.74. The summed E-state index contributed by atoms with van der Waals surface area (Å²) in [5.41, 5.74) is 7.02. The highest BCUT2D eigenvalue weighted by Crippen LogP contribution is 2.33. The lowest BCUT2D eigenvalue weighted by atomic mass is 10.2. The Hall–Kier alpha value is -1.20. The Kier molecular flexibility index (Phi) is 4.06. The van der Waals surface area contributed by atoms with E-state index in [1.807, 2.05) is 0 Å². The van der Waals surface area contributed by atoms with Gasteiger partial charge in [-0.05, 0) is 12.1 Å². The van der Waals surface area contributed by atoms with Crippen LogP contribution in [0.4, 0.5) is 5.69 Å². The Labute approximate surface area is 121 Å². The van der Waals surface area contributed by atoms with E-state index in [9.17, 15) is 0 Å². The molecule has 0 bridgehead atoms. The minimum atomic E-state index is 0.157. The van der Waals surface area contributed by atoms with E-state index in [0.717, 1.165) is 0 Å². The fourth-order valence-corrected chi connectivity index (χ4v) is 2.40. The molecule has 1 heterocycles. The second-order valence-electron chi connectivity index (χ2n) is 5.12. The molecule has 0 aliphatic carbocycles. The Morgan fingerprint density at radius 1 is 1.37 bits per heavy atom. The van der Waals surface area contributed by atoms with Crippen molar-refractivity contribution in [1.82, 2.24) is 10.1 Å². The topological polar surface area (TPSA) is 64.9 Å². The van der Waals surface area contributed by atoms with Crippen LogP contribution in [0.15, 0.2) is 22.7 Å². The Bertz CT molecular complexity index is 557. The van der Waals surface area contributed by atoms with Crippen LogP contribution in [0.1, 0.15) is 26.6 Å². The van der Waals surface area contributed by atoms with Gasteiger partial charge in [-0.1, -0.05) is 43.6 Å². The van der Waals surface area contributed by atoms with Crippen LogP contribution >= 0.6 is 23.4 Å². The van der Waals surface area contributed by atoms with E-state index in [1.165, 1.54) is 0 Å². The molecule has 4 nitrogen and oxygen atoms in total. The molecule has 0 aliphatic rings. The van der Waals surface area contributed by atoms with Crippen molar-refractivity contribution in [2.24, 2.45) is 0 Å². The lowest BCUT2D eigenvalue weighted by Gasteiger charge is -2.15. The van der Waals surface area contributed by atoms with Gasteiger partial charge in [-0.15, -0.1) is 11.8 Å². The molecule has 102 valence electrons. The first-order chi connectivity index (χ1) is 8.87. The molecule has 0 aliphatic heterocycles.